The zero-order valence-corrected chi connectivity index (χ0v) is 21.8. The molecule has 0 aliphatic carbocycles. The number of thiazole rings is 1. The summed E-state index contributed by atoms with van der Waals surface area (Å²) in [5, 5.41) is 2.92. The number of nitrogens with two attached hydrogens (primary N) is 1. The molecule has 8 nitrogen and oxygen atoms in total. The number of nitrogens with zero attached hydrogens (tertiary/aromatic N) is 2. The van der Waals surface area contributed by atoms with Gasteiger partial charge in [-0.1, -0.05) is 45.0 Å². The van der Waals surface area contributed by atoms with Gasteiger partial charge in [-0.3, -0.25) is 14.4 Å². The van der Waals surface area contributed by atoms with Gasteiger partial charge in [0.2, 0.25) is 11.8 Å². The summed E-state index contributed by atoms with van der Waals surface area (Å²) < 4.78 is 5.30. The van der Waals surface area contributed by atoms with Crippen LogP contribution >= 0.6 is 23.7 Å². The first-order valence-electron chi connectivity index (χ1n) is 11.0. The Labute approximate surface area is 210 Å². The molecule has 34 heavy (non-hydrogen) atoms. The number of aromatic nitrogens is 1. The van der Waals surface area contributed by atoms with Gasteiger partial charge in [0.25, 0.3) is 0 Å². The molecule has 3 rings (SSSR count). The molecule has 0 unspecified atom stereocenters. The number of aryl methyl sites for hydroxylation is 1. The summed E-state index contributed by atoms with van der Waals surface area (Å²) in [6.45, 7) is 9.40. The fourth-order valence-electron chi connectivity index (χ4n) is 3.82. The molecular weight excluding hydrogens is 476 g/mol. The average Bonchev–Trinajstić information content (AvgIpc) is 3.36. The Balaban J connectivity index is 0.00000408. The van der Waals surface area contributed by atoms with Crippen molar-refractivity contribution in [2.45, 2.75) is 65.8 Å². The van der Waals surface area contributed by atoms with E-state index in [1.165, 1.54) is 11.8 Å². The third kappa shape index (κ3) is 6.55. The van der Waals surface area contributed by atoms with Crippen molar-refractivity contribution in [1.29, 1.82) is 0 Å². The third-order valence-electron chi connectivity index (χ3n) is 5.81. The second-order valence-electron chi connectivity index (χ2n) is 9.50. The van der Waals surface area contributed by atoms with Crippen molar-refractivity contribution in [2.75, 3.05) is 6.54 Å². The lowest BCUT2D eigenvalue weighted by atomic mass is 9.86. The number of benzene rings is 1. The lowest BCUT2D eigenvalue weighted by Crippen LogP contribution is -2.54. The molecule has 2 heterocycles. The quantitative estimate of drug-likeness (QED) is 0.579. The first-order valence-corrected chi connectivity index (χ1v) is 11.9. The van der Waals surface area contributed by atoms with E-state index < -0.39 is 29.6 Å². The predicted molar refractivity (Wildman–Crippen MR) is 134 cm³/mol. The van der Waals surface area contributed by atoms with Gasteiger partial charge in [-0.15, -0.1) is 23.7 Å². The van der Waals surface area contributed by atoms with Crippen LogP contribution in [-0.2, 0) is 25.7 Å². The van der Waals surface area contributed by atoms with Crippen LogP contribution in [0.5, 0.6) is 0 Å². The Kier molecular flexibility index (Phi) is 9.22. The minimum Gasteiger partial charge on any atom is -0.461 e. The predicted octanol–water partition coefficient (Wildman–Crippen LogP) is 3.06. The first kappa shape index (κ1) is 27.8. The van der Waals surface area contributed by atoms with Crippen LogP contribution < -0.4 is 11.1 Å². The number of esters is 1. The second kappa shape index (κ2) is 11.3. The maximum Gasteiger partial charge on any atom is 0.302 e. The van der Waals surface area contributed by atoms with E-state index in [1.807, 2.05) is 57.5 Å². The van der Waals surface area contributed by atoms with Gasteiger partial charge in [0, 0.05) is 19.9 Å². The number of carbonyl (C=O) groups excluding carboxylic acids is 3. The number of hydrogen-bond acceptors (Lipinski definition) is 7. The smallest absolute Gasteiger partial charge is 0.302 e. The van der Waals surface area contributed by atoms with Crippen LogP contribution in [0.2, 0.25) is 0 Å². The minimum absolute atomic E-state index is 0. The highest BCUT2D eigenvalue weighted by Crippen LogP contribution is 2.28. The van der Waals surface area contributed by atoms with Crippen molar-refractivity contribution < 1.29 is 19.1 Å². The van der Waals surface area contributed by atoms with Gasteiger partial charge in [-0.05, 0) is 23.5 Å². The van der Waals surface area contributed by atoms with E-state index >= 15 is 0 Å². The van der Waals surface area contributed by atoms with Crippen molar-refractivity contribution in [1.82, 2.24) is 15.2 Å². The number of hydrogen-bond donors (Lipinski definition) is 2. The second-order valence-corrected chi connectivity index (χ2v) is 10.4. The summed E-state index contributed by atoms with van der Waals surface area (Å²) in [4.78, 5) is 44.4. The molecule has 10 heteroatoms. The monoisotopic (exact) mass is 508 g/mol. The van der Waals surface area contributed by atoms with Gasteiger partial charge < -0.3 is 20.7 Å². The van der Waals surface area contributed by atoms with Crippen molar-refractivity contribution in [3.05, 3.63) is 41.0 Å². The highest BCUT2D eigenvalue weighted by Gasteiger charge is 2.44. The molecule has 1 aliphatic heterocycles. The van der Waals surface area contributed by atoms with Gasteiger partial charge >= 0.3 is 5.97 Å². The summed E-state index contributed by atoms with van der Waals surface area (Å²) in [5.41, 5.74) is 10.5. The molecule has 1 saturated heterocycles. The Bertz CT molecular complexity index is 1020. The molecule has 1 aliphatic rings. The van der Waals surface area contributed by atoms with Crippen LogP contribution in [-0.4, -0.2) is 52.4 Å². The molecule has 3 N–H and O–H groups in total. The summed E-state index contributed by atoms with van der Waals surface area (Å²) in [7, 11) is 0. The number of amides is 2. The minimum atomic E-state index is -0.772. The van der Waals surface area contributed by atoms with Crippen LogP contribution in [0, 0.1) is 12.3 Å². The highest BCUT2D eigenvalue weighted by molar-refractivity contribution is 7.13. The lowest BCUT2D eigenvalue weighted by Gasteiger charge is -2.32. The fourth-order valence-corrected chi connectivity index (χ4v) is 4.63. The van der Waals surface area contributed by atoms with E-state index in [4.69, 9.17) is 10.5 Å². The summed E-state index contributed by atoms with van der Waals surface area (Å²) in [6, 6.07) is 6.42. The van der Waals surface area contributed by atoms with Crippen molar-refractivity contribution in [3.63, 3.8) is 0 Å². The molecule has 2 aromatic rings. The molecule has 0 saturated carbocycles. The highest BCUT2D eigenvalue weighted by atomic mass is 35.5. The van der Waals surface area contributed by atoms with E-state index in [-0.39, 0.29) is 37.2 Å². The molecule has 0 radical (unpaired) electrons. The van der Waals surface area contributed by atoms with Crippen molar-refractivity contribution in [2.24, 2.45) is 11.1 Å². The summed E-state index contributed by atoms with van der Waals surface area (Å²) in [5.74, 6) is -1.05. The number of likely N-dealkylation sites (tertiary alicyclic amines) is 1. The standard InChI is InChI=1S/C24H32N4O4S.ClH/c1-14-20(33-13-27-14)17-8-6-16(7-9-17)11-26-22(30)19-10-18(32-15(2)29)12-28(19)23(31)21(25)24(3,4)5;/h6-9,13,18-19,21H,10-12,25H2,1-5H3,(H,26,30);1H/t18-,19-,21+;/m0./s1. The summed E-state index contributed by atoms with van der Waals surface area (Å²) >= 11 is 1.59. The molecule has 1 aromatic heterocycles. The van der Waals surface area contributed by atoms with E-state index in [0.29, 0.717) is 6.54 Å². The first-order chi connectivity index (χ1) is 15.5. The third-order valence-corrected chi connectivity index (χ3v) is 6.79. The SMILES string of the molecule is CC(=O)O[C@H]1C[C@@H](C(=O)NCc2ccc(-c3scnc3C)cc2)N(C(=O)[C@@H](N)C(C)(C)C)C1.Cl. The molecule has 0 bridgehead atoms. The largest absolute Gasteiger partial charge is 0.461 e. The Morgan fingerprint density at radius 1 is 1.26 bits per heavy atom. The number of carbonyl (C=O) groups is 3. The Morgan fingerprint density at radius 2 is 1.91 bits per heavy atom. The van der Waals surface area contributed by atoms with E-state index in [0.717, 1.165) is 21.7 Å². The molecule has 186 valence electrons. The number of rotatable bonds is 6. The van der Waals surface area contributed by atoms with Crippen molar-refractivity contribution >= 4 is 41.5 Å². The Hall–Kier alpha value is -2.49. The van der Waals surface area contributed by atoms with E-state index in [1.54, 1.807) is 11.3 Å². The normalized spacial score (nSPS) is 18.7. The van der Waals surface area contributed by atoms with Gasteiger partial charge in [0.15, 0.2) is 0 Å². The topological polar surface area (TPSA) is 115 Å². The van der Waals surface area contributed by atoms with Crippen LogP contribution in [0.25, 0.3) is 10.4 Å². The number of nitrogens with one attached hydrogen (secondary N) is 1. The van der Waals surface area contributed by atoms with E-state index in [2.05, 4.69) is 10.3 Å². The van der Waals surface area contributed by atoms with Gasteiger partial charge in [0.1, 0.15) is 12.1 Å². The van der Waals surface area contributed by atoms with Crippen LogP contribution in [0.15, 0.2) is 29.8 Å². The lowest BCUT2D eigenvalue weighted by molar-refractivity contribution is -0.147. The molecule has 1 fully saturated rings. The molecule has 3 atom stereocenters. The van der Waals surface area contributed by atoms with Gasteiger partial charge in [0.05, 0.1) is 28.7 Å². The summed E-state index contributed by atoms with van der Waals surface area (Å²) in [6.07, 6.45) is -0.284. The molecule has 1 aromatic carbocycles. The maximum absolute atomic E-state index is 13.1. The number of ether oxygens (including phenoxy) is 1. The van der Waals surface area contributed by atoms with Crippen LogP contribution in [0.1, 0.15) is 45.4 Å². The fraction of sp³-hybridized carbons (Fsp3) is 0.500. The van der Waals surface area contributed by atoms with Gasteiger partial charge in [-0.25, -0.2) is 4.98 Å². The maximum atomic E-state index is 13.1. The zero-order valence-electron chi connectivity index (χ0n) is 20.2. The van der Waals surface area contributed by atoms with Crippen LogP contribution in [0.3, 0.4) is 0 Å². The zero-order chi connectivity index (χ0) is 24.3. The average molecular weight is 509 g/mol. The van der Waals surface area contributed by atoms with Gasteiger partial charge in [-0.2, -0.15) is 0 Å². The molecular formula is C24H33ClN4O4S. The van der Waals surface area contributed by atoms with E-state index in [9.17, 15) is 14.4 Å². The Morgan fingerprint density at radius 3 is 2.44 bits per heavy atom. The van der Waals surface area contributed by atoms with Crippen molar-refractivity contribution in [3.8, 4) is 10.4 Å². The molecule has 2 amide bonds. The van der Waals surface area contributed by atoms with Crippen LogP contribution in [0.4, 0.5) is 0 Å². The number of halogens is 1. The molecule has 0 spiro atoms.